The van der Waals surface area contributed by atoms with Crippen LogP contribution in [0.15, 0.2) is 11.7 Å². The van der Waals surface area contributed by atoms with E-state index in [4.69, 9.17) is 0 Å². The second-order valence-corrected chi connectivity index (χ2v) is 10.1. The van der Waals surface area contributed by atoms with Gasteiger partial charge in [0.1, 0.15) is 17.0 Å². The summed E-state index contributed by atoms with van der Waals surface area (Å²) >= 11 is 1.62. The number of hydrogen-bond donors (Lipinski definition) is 1. The van der Waals surface area contributed by atoms with E-state index in [1.54, 1.807) is 17.7 Å². The Hall–Kier alpha value is -1.21. The Morgan fingerprint density at radius 2 is 2.00 bits per heavy atom. The fourth-order valence-electron chi connectivity index (χ4n) is 2.76. The van der Waals surface area contributed by atoms with Gasteiger partial charge in [0, 0.05) is 12.0 Å². The Morgan fingerprint density at radius 1 is 1.32 bits per heavy atom. The molecule has 120 valence electrons. The molecule has 5 nitrogen and oxygen atoms in total. The smallest absolute Gasteiger partial charge is 0.151 e. The fourth-order valence-corrected chi connectivity index (χ4v) is 5.68. The summed E-state index contributed by atoms with van der Waals surface area (Å²) in [5.41, 5.74) is 1.24. The van der Waals surface area contributed by atoms with Crippen LogP contribution in [0.4, 0.5) is 5.82 Å². The lowest BCUT2D eigenvalue weighted by atomic mass is 9.87. The van der Waals surface area contributed by atoms with Gasteiger partial charge in [-0.25, -0.2) is 18.4 Å². The molecule has 7 heteroatoms. The highest BCUT2D eigenvalue weighted by molar-refractivity contribution is 7.92. The van der Waals surface area contributed by atoms with Gasteiger partial charge in [-0.3, -0.25) is 0 Å². The lowest BCUT2D eigenvalue weighted by Crippen LogP contribution is -2.45. The topological polar surface area (TPSA) is 72.0 Å². The van der Waals surface area contributed by atoms with E-state index >= 15 is 0 Å². The van der Waals surface area contributed by atoms with Crippen LogP contribution in [0.2, 0.25) is 0 Å². The molecule has 0 aromatic carbocycles. The molecule has 0 saturated carbocycles. The van der Waals surface area contributed by atoms with Crippen LogP contribution in [0.25, 0.3) is 10.2 Å². The maximum atomic E-state index is 11.4. The summed E-state index contributed by atoms with van der Waals surface area (Å²) < 4.78 is 22.7. The second kappa shape index (κ2) is 5.16. The molecule has 0 bridgehead atoms. The molecule has 1 N–H and O–H groups in total. The maximum absolute atomic E-state index is 11.4. The molecule has 0 amide bonds. The van der Waals surface area contributed by atoms with Gasteiger partial charge in [-0.15, -0.1) is 11.3 Å². The largest absolute Gasteiger partial charge is 0.367 e. The van der Waals surface area contributed by atoms with Gasteiger partial charge in [0.05, 0.1) is 16.9 Å². The highest BCUT2D eigenvalue weighted by Gasteiger charge is 2.37. The standard InChI is InChI=1S/C15H21N3O2S2/c1-9(10-6-22(19,20)7-10)18-13-12-11(15(2,3)4)5-21-14(12)17-8-16-13/h5,8-10H,6-7H2,1-4H3,(H,16,17,18). The number of hydrogen-bond acceptors (Lipinski definition) is 6. The monoisotopic (exact) mass is 339 g/mol. The first kappa shape index (κ1) is 15.7. The lowest BCUT2D eigenvalue weighted by molar-refractivity contribution is 0.484. The molecule has 1 saturated heterocycles. The first-order valence-corrected chi connectivity index (χ1v) is 10.1. The number of sulfone groups is 1. The zero-order valence-electron chi connectivity index (χ0n) is 13.3. The summed E-state index contributed by atoms with van der Waals surface area (Å²) in [6.45, 7) is 8.55. The molecule has 1 aliphatic rings. The van der Waals surface area contributed by atoms with Crippen LogP contribution in [0, 0.1) is 5.92 Å². The summed E-state index contributed by atoms with van der Waals surface area (Å²) in [5.74, 6) is 1.51. The third kappa shape index (κ3) is 2.84. The van der Waals surface area contributed by atoms with Crippen LogP contribution in [-0.2, 0) is 15.3 Å². The molecule has 1 aliphatic heterocycles. The summed E-state index contributed by atoms with van der Waals surface area (Å²) in [4.78, 5) is 9.73. The SMILES string of the molecule is CC(Nc1ncnc2scc(C(C)(C)C)c12)C1CS(=O)(=O)C1. The average molecular weight is 339 g/mol. The second-order valence-electron chi connectivity index (χ2n) is 7.07. The van der Waals surface area contributed by atoms with Gasteiger partial charge in [0.25, 0.3) is 0 Å². The van der Waals surface area contributed by atoms with Crippen molar-refractivity contribution in [3.05, 3.63) is 17.3 Å². The van der Waals surface area contributed by atoms with E-state index in [2.05, 4.69) is 41.4 Å². The molecule has 3 rings (SSSR count). The van der Waals surface area contributed by atoms with Crippen molar-refractivity contribution in [2.75, 3.05) is 16.8 Å². The Balaban J connectivity index is 1.92. The predicted molar refractivity (Wildman–Crippen MR) is 91.3 cm³/mol. The van der Waals surface area contributed by atoms with Crippen molar-refractivity contribution in [1.29, 1.82) is 0 Å². The zero-order chi connectivity index (χ0) is 16.1. The van der Waals surface area contributed by atoms with Crippen molar-refractivity contribution < 1.29 is 8.42 Å². The van der Waals surface area contributed by atoms with Crippen LogP contribution in [0.3, 0.4) is 0 Å². The van der Waals surface area contributed by atoms with Crippen molar-refractivity contribution in [3.8, 4) is 0 Å². The van der Waals surface area contributed by atoms with E-state index in [0.29, 0.717) is 0 Å². The molecule has 1 unspecified atom stereocenters. The minimum absolute atomic E-state index is 0.0163. The first-order valence-electron chi connectivity index (χ1n) is 7.37. The molecular weight excluding hydrogens is 318 g/mol. The molecule has 2 aromatic heterocycles. The Bertz CT molecular complexity index is 794. The molecule has 0 aliphatic carbocycles. The van der Waals surface area contributed by atoms with Gasteiger partial charge in [-0.2, -0.15) is 0 Å². The van der Waals surface area contributed by atoms with E-state index in [9.17, 15) is 8.42 Å². The van der Waals surface area contributed by atoms with Crippen LogP contribution in [0.1, 0.15) is 33.3 Å². The van der Waals surface area contributed by atoms with Gasteiger partial charge >= 0.3 is 0 Å². The number of anilines is 1. The highest BCUT2D eigenvalue weighted by atomic mass is 32.2. The van der Waals surface area contributed by atoms with Gasteiger partial charge in [0.15, 0.2) is 9.84 Å². The number of fused-ring (bicyclic) bond motifs is 1. The number of aromatic nitrogens is 2. The number of nitrogens with one attached hydrogen (secondary N) is 1. The Morgan fingerprint density at radius 3 is 2.59 bits per heavy atom. The third-order valence-electron chi connectivity index (χ3n) is 4.19. The van der Waals surface area contributed by atoms with Gasteiger partial charge in [0.2, 0.25) is 0 Å². The van der Waals surface area contributed by atoms with Crippen LogP contribution >= 0.6 is 11.3 Å². The van der Waals surface area contributed by atoms with Crippen molar-refractivity contribution in [2.24, 2.45) is 5.92 Å². The quantitative estimate of drug-likeness (QED) is 0.931. The van der Waals surface area contributed by atoms with Crippen molar-refractivity contribution in [2.45, 2.75) is 39.2 Å². The lowest BCUT2D eigenvalue weighted by Gasteiger charge is -2.32. The zero-order valence-corrected chi connectivity index (χ0v) is 14.9. The molecule has 0 spiro atoms. The van der Waals surface area contributed by atoms with E-state index in [1.165, 1.54) is 5.56 Å². The minimum Gasteiger partial charge on any atom is -0.367 e. The van der Waals surface area contributed by atoms with Crippen molar-refractivity contribution in [1.82, 2.24) is 9.97 Å². The van der Waals surface area contributed by atoms with Crippen LogP contribution in [0.5, 0.6) is 0 Å². The number of nitrogens with zero attached hydrogens (tertiary/aromatic N) is 2. The summed E-state index contributed by atoms with van der Waals surface area (Å²) in [7, 11) is -2.80. The van der Waals surface area contributed by atoms with Crippen molar-refractivity contribution in [3.63, 3.8) is 0 Å². The molecular formula is C15H21N3O2S2. The highest BCUT2D eigenvalue weighted by Crippen LogP contribution is 2.37. The van der Waals surface area contributed by atoms with E-state index in [1.807, 2.05) is 6.92 Å². The van der Waals surface area contributed by atoms with Crippen LogP contribution < -0.4 is 5.32 Å². The van der Waals surface area contributed by atoms with Gasteiger partial charge in [-0.05, 0) is 23.3 Å². The van der Waals surface area contributed by atoms with Crippen molar-refractivity contribution >= 4 is 37.2 Å². The van der Waals surface area contributed by atoms with E-state index in [0.717, 1.165) is 16.0 Å². The first-order chi connectivity index (χ1) is 10.2. The van der Waals surface area contributed by atoms with Gasteiger partial charge < -0.3 is 5.32 Å². The minimum atomic E-state index is -2.80. The molecule has 3 heterocycles. The Labute approximate surface area is 135 Å². The number of thiophene rings is 1. The molecule has 1 fully saturated rings. The summed E-state index contributed by atoms with van der Waals surface area (Å²) in [6.07, 6.45) is 1.57. The molecule has 0 radical (unpaired) electrons. The Kier molecular flexibility index (Phi) is 3.68. The predicted octanol–water partition coefficient (Wildman–Crippen LogP) is 2.83. The number of rotatable bonds is 3. The summed E-state index contributed by atoms with van der Waals surface area (Å²) in [6, 6.07) is 0.0781. The molecule has 2 aromatic rings. The van der Waals surface area contributed by atoms with E-state index < -0.39 is 9.84 Å². The molecule has 22 heavy (non-hydrogen) atoms. The van der Waals surface area contributed by atoms with E-state index in [-0.39, 0.29) is 28.9 Å². The molecule has 1 atom stereocenters. The maximum Gasteiger partial charge on any atom is 0.151 e. The normalized spacial score (nSPS) is 19.8. The van der Waals surface area contributed by atoms with Crippen LogP contribution in [-0.4, -0.2) is 35.9 Å². The fraction of sp³-hybridized carbons (Fsp3) is 0.600. The third-order valence-corrected chi connectivity index (χ3v) is 6.94. The van der Waals surface area contributed by atoms with Gasteiger partial charge in [-0.1, -0.05) is 20.8 Å². The average Bonchev–Trinajstić information content (AvgIpc) is 2.80. The summed E-state index contributed by atoms with van der Waals surface area (Å²) in [5, 5.41) is 6.62.